The van der Waals surface area contributed by atoms with E-state index in [0.29, 0.717) is 11.5 Å². The molecule has 1 aliphatic rings. The molecule has 0 saturated heterocycles. The molecule has 0 saturated carbocycles. The third-order valence-corrected chi connectivity index (χ3v) is 12.8. The number of aromatic nitrogens is 3. The molecule has 1 aliphatic heterocycles. The fourth-order valence-electron chi connectivity index (χ4n) is 9.54. The molecule has 0 radical (unpaired) electrons. The van der Waals surface area contributed by atoms with Crippen molar-refractivity contribution in [3.63, 3.8) is 0 Å². The molecule has 0 fully saturated rings. The zero-order valence-electron chi connectivity index (χ0n) is 37.0. The van der Waals surface area contributed by atoms with Crippen LogP contribution in [0.15, 0.2) is 243 Å². The minimum Gasteiger partial charge on any atom is -0.354 e. The molecule has 3 heterocycles. The Bertz CT molecular complexity index is 3700. The van der Waals surface area contributed by atoms with Gasteiger partial charge in [0.15, 0.2) is 5.82 Å². The lowest BCUT2D eigenvalue weighted by Crippen LogP contribution is -2.20. The minimum absolute atomic E-state index is 0.453. The van der Waals surface area contributed by atoms with Crippen LogP contribution in [0.3, 0.4) is 0 Å². The van der Waals surface area contributed by atoms with Gasteiger partial charge in [0.05, 0.1) is 33.8 Å². The summed E-state index contributed by atoms with van der Waals surface area (Å²) in [5.41, 5.74) is 18.3. The molecule has 9 aromatic carbocycles. The molecule has 2 aromatic heterocycles. The highest BCUT2D eigenvalue weighted by Gasteiger charge is 2.24. The van der Waals surface area contributed by atoms with Crippen molar-refractivity contribution in [2.24, 2.45) is 0 Å². The van der Waals surface area contributed by atoms with Gasteiger partial charge in [-0.25, -0.2) is 9.97 Å². The van der Waals surface area contributed by atoms with E-state index in [9.17, 15) is 5.41 Å². The van der Waals surface area contributed by atoms with Gasteiger partial charge in [0.2, 0.25) is 0 Å². The minimum atomic E-state index is 0.453. The van der Waals surface area contributed by atoms with Crippen LogP contribution >= 0.6 is 0 Å². The molecule has 0 aliphatic carbocycles. The van der Waals surface area contributed by atoms with Crippen molar-refractivity contribution in [3.05, 3.63) is 270 Å². The number of benzene rings is 9. The summed E-state index contributed by atoms with van der Waals surface area (Å²) in [7, 11) is 0. The van der Waals surface area contributed by atoms with Crippen molar-refractivity contribution in [2.75, 3.05) is 0 Å². The van der Waals surface area contributed by atoms with Gasteiger partial charge in [-0.3, -0.25) is 5.41 Å². The second-order valence-electron chi connectivity index (χ2n) is 17.0. The van der Waals surface area contributed by atoms with E-state index in [4.69, 9.17) is 9.97 Å². The Labute approximate surface area is 395 Å². The molecule has 0 spiro atoms. The van der Waals surface area contributed by atoms with Gasteiger partial charge in [0.1, 0.15) is 0 Å². The van der Waals surface area contributed by atoms with Crippen molar-refractivity contribution in [2.45, 2.75) is 0 Å². The van der Waals surface area contributed by atoms with E-state index >= 15 is 0 Å². The molecule has 12 rings (SSSR count). The lowest BCUT2D eigenvalue weighted by atomic mass is 9.86. The lowest BCUT2D eigenvalue weighted by molar-refractivity contribution is 1.16. The molecular formula is C63H43N5. The normalized spacial score (nSPS) is 12.9. The number of allylic oxidation sites excluding steroid dienone is 1. The van der Waals surface area contributed by atoms with Crippen molar-refractivity contribution in [3.8, 4) is 50.7 Å². The van der Waals surface area contributed by atoms with E-state index in [1.54, 1.807) is 0 Å². The first-order valence-electron chi connectivity index (χ1n) is 22.9. The standard InChI is InChI=1S/C63H43N5/c64-61(44-23-9-3-10-24-44)60(43-21-7-2-8-22-43)62-52-36-35-47(38-50(52)40-55(65-62)42-19-5-1-6-20-42)46-27-17-28-48(37-46)56-41-57(67-63(66-56)45-25-11-4-12-26-45)49-29-18-30-51(39-49)68-58-33-15-13-31-53(58)54-32-14-16-34-59(54)68/h1-41,64-65H/b62-60-,64-61?. The summed E-state index contributed by atoms with van der Waals surface area (Å²) in [5, 5.41) is 15.9. The van der Waals surface area contributed by atoms with Crippen LogP contribution in [0.5, 0.6) is 0 Å². The van der Waals surface area contributed by atoms with E-state index in [0.717, 1.165) is 101 Å². The number of hydrogen-bond donors (Lipinski definition) is 2. The van der Waals surface area contributed by atoms with Crippen LogP contribution in [0, 0.1) is 5.41 Å². The van der Waals surface area contributed by atoms with Crippen LogP contribution in [-0.2, 0) is 0 Å². The number of rotatable bonds is 9. The average Bonchev–Trinajstić information content (AvgIpc) is 3.76. The quantitative estimate of drug-likeness (QED) is 0.142. The Morgan fingerprint density at radius 1 is 0.412 bits per heavy atom. The van der Waals surface area contributed by atoms with Gasteiger partial charge in [-0.05, 0) is 76.4 Å². The Kier molecular flexibility index (Phi) is 10.3. The fourth-order valence-corrected chi connectivity index (χ4v) is 9.54. The van der Waals surface area contributed by atoms with Gasteiger partial charge < -0.3 is 9.88 Å². The molecular weight excluding hydrogens is 827 g/mol. The highest BCUT2D eigenvalue weighted by atomic mass is 15.0. The maximum Gasteiger partial charge on any atom is 0.160 e. The SMILES string of the molecule is N=C(/C(=C1\NC(c2ccccc2)=Cc2cc(-c3cccc(-c4cc(-c5cccc(-n6c7ccccc7c7ccccc76)c5)nc(-c5ccccc5)n4)c3)ccc21)c1ccccc1)c1ccccc1. The van der Waals surface area contributed by atoms with Crippen LogP contribution < -0.4 is 5.32 Å². The second-order valence-corrected chi connectivity index (χ2v) is 17.0. The Morgan fingerprint density at radius 2 is 0.926 bits per heavy atom. The largest absolute Gasteiger partial charge is 0.354 e. The van der Waals surface area contributed by atoms with Gasteiger partial charge in [0.25, 0.3) is 0 Å². The monoisotopic (exact) mass is 869 g/mol. The summed E-state index contributed by atoms with van der Waals surface area (Å²) < 4.78 is 2.35. The Hall–Kier alpha value is -9.19. The molecule has 11 aromatic rings. The summed E-state index contributed by atoms with van der Waals surface area (Å²) in [5.74, 6) is 0.667. The van der Waals surface area contributed by atoms with Gasteiger partial charge >= 0.3 is 0 Å². The molecule has 5 nitrogen and oxygen atoms in total. The van der Waals surface area contributed by atoms with Crippen molar-refractivity contribution < 1.29 is 0 Å². The topological polar surface area (TPSA) is 66.6 Å². The third kappa shape index (κ3) is 7.48. The first kappa shape index (κ1) is 40.3. The number of fused-ring (bicyclic) bond motifs is 4. The number of para-hydroxylation sites is 2. The Balaban J connectivity index is 0.982. The molecule has 0 atom stereocenters. The van der Waals surface area contributed by atoms with Gasteiger partial charge in [-0.1, -0.05) is 200 Å². The van der Waals surface area contributed by atoms with Gasteiger partial charge in [-0.15, -0.1) is 0 Å². The molecule has 320 valence electrons. The van der Waals surface area contributed by atoms with Crippen LogP contribution in [-0.4, -0.2) is 20.2 Å². The molecule has 5 heteroatoms. The van der Waals surface area contributed by atoms with Crippen molar-refractivity contribution >= 4 is 50.6 Å². The number of hydrogen-bond acceptors (Lipinski definition) is 4. The van der Waals surface area contributed by atoms with Crippen molar-refractivity contribution in [1.82, 2.24) is 19.9 Å². The predicted octanol–water partition coefficient (Wildman–Crippen LogP) is 15.3. The van der Waals surface area contributed by atoms with Crippen LogP contribution in [0.1, 0.15) is 27.8 Å². The van der Waals surface area contributed by atoms with E-state index in [2.05, 4.69) is 186 Å². The summed E-state index contributed by atoms with van der Waals surface area (Å²) in [4.78, 5) is 10.5. The maximum absolute atomic E-state index is 9.67. The molecule has 0 unspecified atom stereocenters. The van der Waals surface area contributed by atoms with Gasteiger partial charge in [-0.2, -0.15) is 0 Å². The molecule has 0 amide bonds. The highest BCUT2D eigenvalue weighted by Crippen LogP contribution is 2.40. The maximum atomic E-state index is 9.67. The van der Waals surface area contributed by atoms with E-state index in [1.807, 2.05) is 72.8 Å². The van der Waals surface area contributed by atoms with E-state index in [1.165, 1.54) is 10.8 Å². The smallest absolute Gasteiger partial charge is 0.160 e. The molecule has 68 heavy (non-hydrogen) atoms. The highest BCUT2D eigenvalue weighted by molar-refractivity contribution is 6.36. The zero-order valence-corrected chi connectivity index (χ0v) is 37.0. The first-order valence-corrected chi connectivity index (χ1v) is 22.9. The van der Waals surface area contributed by atoms with E-state index in [-0.39, 0.29) is 0 Å². The summed E-state index contributed by atoms with van der Waals surface area (Å²) in [6, 6.07) is 84.2. The van der Waals surface area contributed by atoms with Crippen LogP contribution in [0.25, 0.3) is 95.6 Å². The number of nitrogens with one attached hydrogen (secondary N) is 2. The number of nitrogens with zero attached hydrogens (tertiary/aromatic N) is 3. The summed E-state index contributed by atoms with van der Waals surface area (Å²) in [6.45, 7) is 0. The van der Waals surface area contributed by atoms with Crippen LogP contribution in [0.2, 0.25) is 0 Å². The van der Waals surface area contributed by atoms with E-state index < -0.39 is 0 Å². The zero-order chi connectivity index (χ0) is 45.4. The average molecular weight is 870 g/mol. The summed E-state index contributed by atoms with van der Waals surface area (Å²) in [6.07, 6.45) is 2.23. The van der Waals surface area contributed by atoms with Gasteiger partial charge in [0, 0.05) is 55.5 Å². The lowest BCUT2D eigenvalue weighted by Gasteiger charge is -2.26. The molecule has 0 bridgehead atoms. The Morgan fingerprint density at radius 3 is 1.59 bits per heavy atom. The first-order chi connectivity index (χ1) is 33.6. The van der Waals surface area contributed by atoms with Crippen LogP contribution in [0.4, 0.5) is 0 Å². The van der Waals surface area contributed by atoms with Crippen molar-refractivity contribution in [1.29, 1.82) is 5.41 Å². The summed E-state index contributed by atoms with van der Waals surface area (Å²) >= 11 is 0. The predicted molar refractivity (Wildman–Crippen MR) is 282 cm³/mol. The molecule has 2 N–H and O–H groups in total. The second kappa shape index (κ2) is 17.3. The fraction of sp³-hybridized carbons (Fsp3) is 0. The third-order valence-electron chi connectivity index (χ3n) is 12.8.